The lowest BCUT2D eigenvalue weighted by atomic mass is 9.99. The molecule has 1 amide bonds. The van der Waals surface area contributed by atoms with E-state index in [2.05, 4.69) is 0 Å². The van der Waals surface area contributed by atoms with Crippen molar-refractivity contribution in [2.24, 2.45) is 0 Å². The minimum absolute atomic E-state index is 0.0262. The van der Waals surface area contributed by atoms with E-state index in [4.69, 9.17) is 14.2 Å². The number of piperidine rings is 1. The molecule has 3 aromatic rings. The van der Waals surface area contributed by atoms with Crippen molar-refractivity contribution < 1.29 is 28.9 Å². The number of aliphatic hydroxyl groups excluding tert-OH is 1. The highest BCUT2D eigenvalue weighted by Gasteiger charge is 2.19. The van der Waals surface area contributed by atoms with Crippen molar-refractivity contribution in [1.29, 1.82) is 0 Å². The maximum atomic E-state index is 13.0. The van der Waals surface area contributed by atoms with E-state index >= 15 is 0 Å². The number of rotatable bonds is 12. The Morgan fingerprint density at radius 2 is 1.68 bits per heavy atom. The van der Waals surface area contributed by atoms with Crippen LogP contribution in [0.1, 0.15) is 73.0 Å². The standard InChI is InChI=1S/C37H41NO6/c1-26(2)44-34-12-5-4-10-31(34)30(23-28-15-20-35-36(24-28)43-25-42-35)18-19-33(40)32(39)11-8-9-27-13-16-29(17-14-27)37(41)38-21-6-3-7-22-38/h4-5,10,12-20,23-24,26,32,39H,3,6-9,11,21-22,25H2,1-2H3. The third-order valence-electron chi connectivity index (χ3n) is 7.82. The van der Waals surface area contributed by atoms with Gasteiger partial charge in [-0.1, -0.05) is 42.5 Å². The van der Waals surface area contributed by atoms with Crippen LogP contribution in [0.4, 0.5) is 0 Å². The lowest BCUT2D eigenvalue weighted by Crippen LogP contribution is -2.35. The molecular weight excluding hydrogens is 554 g/mol. The van der Waals surface area contributed by atoms with Crippen LogP contribution >= 0.6 is 0 Å². The molecule has 0 aliphatic carbocycles. The highest BCUT2D eigenvalue weighted by molar-refractivity contribution is 5.98. The number of carbonyl (C=O) groups excluding carboxylic acids is 2. The van der Waals surface area contributed by atoms with Crippen LogP contribution < -0.4 is 14.2 Å². The van der Waals surface area contributed by atoms with Crippen LogP contribution in [0, 0.1) is 0 Å². The molecule has 1 fully saturated rings. The van der Waals surface area contributed by atoms with E-state index in [1.807, 2.05) is 91.6 Å². The van der Waals surface area contributed by atoms with Gasteiger partial charge in [-0.15, -0.1) is 0 Å². The highest BCUT2D eigenvalue weighted by Crippen LogP contribution is 2.35. The summed E-state index contributed by atoms with van der Waals surface area (Å²) in [6.07, 6.45) is 9.01. The molecule has 7 heteroatoms. The second-order valence-corrected chi connectivity index (χ2v) is 11.6. The number of ketones is 1. The molecule has 2 heterocycles. The van der Waals surface area contributed by atoms with Crippen LogP contribution in [0.5, 0.6) is 17.2 Å². The third-order valence-corrected chi connectivity index (χ3v) is 7.82. The summed E-state index contributed by atoms with van der Waals surface area (Å²) in [5.74, 6) is 1.81. The number of nitrogens with zero attached hydrogens (tertiary/aromatic N) is 1. The van der Waals surface area contributed by atoms with Gasteiger partial charge in [-0.05, 0) is 112 Å². The van der Waals surface area contributed by atoms with Gasteiger partial charge in [0.25, 0.3) is 5.91 Å². The second-order valence-electron chi connectivity index (χ2n) is 11.6. The first-order chi connectivity index (χ1) is 21.4. The molecule has 44 heavy (non-hydrogen) atoms. The molecule has 0 spiro atoms. The van der Waals surface area contributed by atoms with E-state index < -0.39 is 6.10 Å². The van der Waals surface area contributed by atoms with Gasteiger partial charge >= 0.3 is 0 Å². The maximum Gasteiger partial charge on any atom is 0.253 e. The van der Waals surface area contributed by atoms with Gasteiger partial charge < -0.3 is 24.2 Å². The van der Waals surface area contributed by atoms with E-state index in [1.165, 1.54) is 12.5 Å². The number of amides is 1. The summed E-state index contributed by atoms with van der Waals surface area (Å²) in [5, 5.41) is 10.7. The Morgan fingerprint density at radius 3 is 2.45 bits per heavy atom. The number of hydrogen-bond acceptors (Lipinski definition) is 6. The zero-order valence-electron chi connectivity index (χ0n) is 25.5. The van der Waals surface area contributed by atoms with E-state index in [1.54, 1.807) is 6.08 Å². The van der Waals surface area contributed by atoms with Crippen molar-refractivity contribution in [3.63, 3.8) is 0 Å². The fourth-order valence-electron chi connectivity index (χ4n) is 5.48. The number of allylic oxidation sites excluding steroid dienone is 2. The number of carbonyl (C=O) groups is 2. The maximum absolute atomic E-state index is 13.0. The number of fused-ring (bicyclic) bond motifs is 1. The molecule has 1 N–H and O–H groups in total. The monoisotopic (exact) mass is 595 g/mol. The summed E-state index contributed by atoms with van der Waals surface area (Å²) >= 11 is 0. The summed E-state index contributed by atoms with van der Waals surface area (Å²) in [5.41, 5.74) is 4.26. The molecule has 5 rings (SSSR count). The van der Waals surface area contributed by atoms with Gasteiger partial charge in [0, 0.05) is 24.2 Å². The fourth-order valence-corrected chi connectivity index (χ4v) is 5.48. The van der Waals surface area contributed by atoms with Crippen molar-refractivity contribution in [3.05, 3.63) is 101 Å². The molecule has 3 aromatic carbocycles. The molecule has 0 bridgehead atoms. The largest absolute Gasteiger partial charge is 0.490 e. The molecule has 1 atom stereocenters. The van der Waals surface area contributed by atoms with Gasteiger partial charge in [-0.2, -0.15) is 0 Å². The molecule has 1 unspecified atom stereocenters. The van der Waals surface area contributed by atoms with Crippen molar-refractivity contribution in [1.82, 2.24) is 4.90 Å². The molecule has 230 valence electrons. The number of ether oxygens (including phenoxy) is 3. The molecule has 0 radical (unpaired) electrons. The third kappa shape index (κ3) is 8.17. The Kier molecular flexibility index (Phi) is 10.5. The Bertz CT molecular complexity index is 1500. The number of aryl methyl sites for hydroxylation is 1. The summed E-state index contributed by atoms with van der Waals surface area (Å²) in [6, 6.07) is 21.1. The minimum Gasteiger partial charge on any atom is -0.490 e. The Morgan fingerprint density at radius 1 is 0.932 bits per heavy atom. The van der Waals surface area contributed by atoms with Gasteiger partial charge in [-0.25, -0.2) is 0 Å². The van der Waals surface area contributed by atoms with E-state index in [0.717, 1.165) is 48.2 Å². The van der Waals surface area contributed by atoms with Crippen molar-refractivity contribution in [2.75, 3.05) is 19.9 Å². The van der Waals surface area contributed by atoms with Crippen molar-refractivity contribution in [2.45, 2.75) is 64.6 Å². The second kappa shape index (κ2) is 14.9. The van der Waals surface area contributed by atoms with Crippen molar-refractivity contribution in [3.8, 4) is 17.2 Å². The number of aliphatic hydroxyl groups is 1. The minimum atomic E-state index is -1.11. The number of para-hydroxylation sites is 1. The Balaban J connectivity index is 1.23. The first-order valence-corrected chi connectivity index (χ1v) is 15.5. The van der Waals surface area contributed by atoms with E-state index in [-0.39, 0.29) is 24.6 Å². The number of likely N-dealkylation sites (tertiary alicyclic amines) is 1. The van der Waals surface area contributed by atoms with Crippen LogP contribution in [0.15, 0.2) is 78.9 Å². The predicted molar refractivity (Wildman–Crippen MR) is 172 cm³/mol. The lowest BCUT2D eigenvalue weighted by Gasteiger charge is -2.26. The van der Waals surface area contributed by atoms with Gasteiger partial charge in [-0.3, -0.25) is 9.59 Å². The Hall–Kier alpha value is -4.36. The van der Waals surface area contributed by atoms with Crippen LogP contribution in [0.25, 0.3) is 11.6 Å². The zero-order valence-corrected chi connectivity index (χ0v) is 25.5. The van der Waals surface area contributed by atoms with Gasteiger partial charge in [0.1, 0.15) is 11.9 Å². The quantitative estimate of drug-likeness (QED) is 0.140. The van der Waals surface area contributed by atoms with E-state index in [0.29, 0.717) is 42.1 Å². The highest BCUT2D eigenvalue weighted by atomic mass is 16.7. The number of benzene rings is 3. The van der Waals surface area contributed by atoms with E-state index in [9.17, 15) is 14.7 Å². The molecule has 0 aromatic heterocycles. The van der Waals surface area contributed by atoms with Crippen LogP contribution in [-0.2, 0) is 11.2 Å². The number of hydrogen-bond donors (Lipinski definition) is 1. The smallest absolute Gasteiger partial charge is 0.253 e. The van der Waals surface area contributed by atoms with Crippen LogP contribution in [-0.4, -0.2) is 53.8 Å². The van der Waals surface area contributed by atoms with Gasteiger partial charge in [0.05, 0.1) is 6.10 Å². The average molecular weight is 596 g/mol. The first kappa shape index (κ1) is 31.1. The SMILES string of the molecule is CC(C)Oc1ccccc1C(C=CC(=O)C(O)CCCc1ccc(C(=O)N2CCCCC2)cc1)=Cc1ccc2c(c1)OCO2. The zero-order chi connectivity index (χ0) is 30.9. The summed E-state index contributed by atoms with van der Waals surface area (Å²) in [6.45, 7) is 5.79. The predicted octanol–water partition coefficient (Wildman–Crippen LogP) is 6.88. The summed E-state index contributed by atoms with van der Waals surface area (Å²) < 4.78 is 17.1. The van der Waals surface area contributed by atoms with Gasteiger partial charge in [0.15, 0.2) is 17.3 Å². The normalized spacial score (nSPS) is 15.5. The molecular formula is C37H41NO6. The van der Waals surface area contributed by atoms with Gasteiger partial charge in [0.2, 0.25) is 6.79 Å². The first-order valence-electron chi connectivity index (χ1n) is 15.5. The molecule has 1 saturated heterocycles. The molecule has 2 aliphatic rings. The Labute approximate surface area is 259 Å². The lowest BCUT2D eigenvalue weighted by molar-refractivity contribution is -0.122. The van der Waals surface area contributed by atoms with Crippen molar-refractivity contribution >= 4 is 23.3 Å². The average Bonchev–Trinajstić information content (AvgIpc) is 3.51. The van der Waals surface area contributed by atoms with Crippen LogP contribution in [0.3, 0.4) is 0 Å². The summed E-state index contributed by atoms with van der Waals surface area (Å²) in [7, 11) is 0. The topological polar surface area (TPSA) is 85.3 Å². The molecule has 2 aliphatic heterocycles. The fraction of sp³-hybridized carbons (Fsp3) is 0.351. The molecule has 0 saturated carbocycles. The van der Waals surface area contributed by atoms with Crippen LogP contribution in [0.2, 0.25) is 0 Å². The summed E-state index contributed by atoms with van der Waals surface area (Å²) in [4.78, 5) is 27.6. The molecule has 7 nitrogen and oxygen atoms in total.